The number of nitrogens with one attached hydrogen (secondary N) is 2. The van der Waals surface area contributed by atoms with Crippen molar-refractivity contribution in [3.63, 3.8) is 0 Å². The standard InChI is InChI=1S/C24H24FN3O/c1-16-13-22(17(2)28(16)20-9-7-19(25)8-10-20)24(29)15-26-12-11-18-14-27-23-6-4-3-5-21(18)23/h3-10,13-14,26-27H,11-12,15H2,1-2H3. The number of carbonyl (C=O) groups is 1. The number of para-hydroxylation sites is 1. The number of carbonyl (C=O) groups excluding carboxylic acids is 1. The normalized spacial score (nSPS) is 11.3. The van der Waals surface area contributed by atoms with Crippen molar-refractivity contribution in [1.82, 2.24) is 14.9 Å². The van der Waals surface area contributed by atoms with E-state index in [1.54, 1.807) is 12.1 Å². The molecule has 0 saturated carbocycles. The van der Waals surface area contributed by atoms with Crippen molar-refractivity contribution < 1.29 is 9.18 Å². The number of ketones is 1. The first-order valence-corrected chi connectivity index (χ1v) is 9.78. The van der Waals surface area contributed by atoms with Gasteiger partial charge in [-0.2, -0.15) is 0 Å². The van der Waals surface area contributed by atoms with Crippen LogP contribution in [0.5, 0.6) is 0 Å². The van der Waals surface area contributed by atoms with Gasteiger partial charge in [0.2, 0.25) is 0 Å². The van der Waals surface area contributed by atoms with E-state index < -0.39 is 0 Å². The van der Waals surface area contributed by atoms with Gasteiger partial charge >= 0.3 is 0 Å². The second kappa shape index (κ2) is 8.05. The van der Waals surface area contributed by atoms with Gasteiger partial charge in [-0.25, -0.2) is 4.39 Å². The fraction of sp³-hybridized carbons (Fsp3) is 0.208. The van der Waals surface area contributed by atoms with Crippen LogP contribution in [-0.2, 0) is 6.42 Å². The van der Waals surface area contributed by atoms with Gasteiger partial charge in [-0.3, -0.25) is 4.79 Å². The highest BCUT2D eigenvalue weighted by Gasteiger charge is 2.16. The number of benzene rings is 2. The summed E-state index contributed by atoms with van der Waals surface area (Å²) in [6, 6.07) is 16.4. The van der Waals surface area contributed by atoms with Crippen molar-refractivity contribution in [1.29, 1.82) is 0 Å². The summed E-state index contributed by atoms with van der Waals surface area (Å²) >= 11 is 0. The van der Waals surface area contributed by atoms with Crippen LogP contribution in [0.2, 0.25) is 0 Å². The van der Waals surface area contributed by atoms with Crippen molar-refractivity contribution in [3.8, 4) is 5.69 Å². The Hall–Kier alpha value is -3.18. The number of H-pyrrole nitrogens is 1. The zero-order valence-corrected chi connectivity index (χ0v) is 16.6. The maximum atomic E-state index is 13.2. The molecule has 0 atom stereocenters. The zero-order chi connectivity index (χ0) is 20.4. The van der Waals surface area contributed by atoms with Crippen molar-refractivity contribution >= 4 is 16.7 Å². The minimum absolute atomic E-state index is 0.0605. The summed E-state index contributed by atoms with van der Waals surface area (Å²) in [5.74, 6) is -0.211. The quantitative estimate of drug-likeness (QED) is 0.355. The molecule has 0 radical (unpaired) electrons. The average molecular weight is 389 g/mol. The Morgan fingerprint density at radius 3 is 2.66 bits per heavy atom. The number of fused-ring (bicyclic) bond motifs is 1. The van der Waals surface area contributed by atoms with Crippen LogP contribution in [0.4, 0.5) is 4.39 Å². The van der Waals surface area contributed by atoms with Crippen molar-refractivity contribution in [2.24, 2.45) is 0 Å². The van der Waals surface area contributed by atoms with Crippen LogP contribution in [0.25, 0.3) is 16.6 Å². The van der Waals surface area contributed by atoms with Crippen LogP contribution < -0.4 is 5.32 Å². The van der Waals surface area contributed by atoms with Crippen LogP contribution in [0.15, 0.2) is 60.8 Å². The Labute approximate surface area is 169 Å². The smallest absolute Gasteiger partial charge is 0.178 e. The van der Waals surface area contributed by atoms with Gasteiger partial charge in [0.1, 0.15) is 5.82 Å². The third kappa shape index (κ3) is 3.87. The monoisotopic (exact) mass is 389 g/mol. The summed E-state index contributed by atoms with van der Waals surface area (Å²) in [5.41, 5.74) is 5.76. The molecule has 2 N–H and O–H groups in total. The molecular formula is C24H24FN3O. The average Bonchev–Trinajstić information content (AvgIpc) is 3.26. The molecule has 0 saturated heterocycles. The van der Waals surface area contributed by atoms with E-state index in [0.29, 0.717) is 5.56 Å². The SMILES string of the molecule is Cc1cc(C(=O)CNCCc2c[nH]c3ccccc23)c(C)n1-c1ccc(F)cc1. The molecule has 2 heterocycles. The number of hydrogen-bond donors (Lipinski definition) is 2. The number of aromatic amines is 1. The Bertz CT molecular complexity index is 1150. The first-order valence-electron chi connectivity index (χ1n) is 9.78. The Morgan fingerprint density at radius 1 is 1.10 bits per heavy atom. The first-order chi connectivity index (χ1) is 14.0. The zero-order valence-electron chi connectivity index (χ0n) is 16.6. The first kappa shape index (κ1) is 19.2. The van der Waals surface area contributed by atoms with Gasteiger partial charge in [0.05, 0.1) is 6.54 Å². The maximum Gasteiger partial charge on any atom is 0.178 e. The van der Waals surface area contributed by atoms with Gasteiger partial charge in [-0.05, 0) is 68.8 Å². The van der Waals surface area contributed by atoms with E-state index in [1.165, 1.54) is 23.1 Å². The molecule has 0 aliphatic heterocycles. The van der Waals surface area contributed by atoms with Crippen LogP contribution in [-0.4, -0.2) is 28.4 Å². The van der Waals surface area contributed by atoms with Gasteiger partial charge in [-0.1, -0.05) is 18.2 Å². The van der Waals surface area contributed by atoms with Crippen LogP contribution in [0.1, 0.15) is 27.3 Å². The summed E-state index contributed by atoms with van der Waals surface area (Å²) in [5, 5.41) is 4.49. The molecule has 2 aromatic carbocycles. The Kier molecular flexibility index (Phi) is 5.32. The van der Waals surface area contributed by atoms with Gasteiger partial charge in [0, 0.05) is 39.7 Å². The molecule has 2 aromatic heterocycles. The van der Waals surface area contributed by atoms with Crippen LogP contribution in [0.3, 0.4) is 0 Å². The van der Waals surface area contributed by atoms with E-state index in [4.69, 9.17) is 0 Å². The van der Waals surface area contributed by atoms with E-state index in [9.17, 15) is 9.18 Å². The Morgan fingerprint density at radius 2 is 1.86 bits per heavy atom. The summed E-state index contributed by atoms with van der Waals surface area (Å²) in [7, 11) is 0. The lowest BCUT2D eigenvalue weighted by molar-refractivity contribution is 0.0991. The van der Waals surface area contributed by atoms with E-state index in [0.717, 1.165) is 35.6 Å². The van der Waals surface area contributed by atoms with Gasteiger partial charge in [-0.15, -0.1) is 0 Å². The molecule has 148 valence electrons. The third-order valence-electron chi connectivity index (χ3n) is 5.35. The number of rotatable bonds is 7. The predicted octanol–water partition coefficient (Wildman–Crippen LogP) is 4.73. The summed E-state index contributed by atoms with van der Waals surface area (Å²) < 4.78 is 15.2. The molecule has 0 aliphatic carbocycles. The minimum Gasteiger partial charge on any atom is -0.361 e. The van der Waals surface area contributed by atoms with Crippen molar-refractivity contribution in [2.75, 3.05) is 13.1 Å². The molecule has 4 rings (SSSR count). The molecule has 0 amide bonds. The number of hydrogen-bond acceptors (Lipinski definition) is 2. The van der Waals surface area contributed by atoms with E-state index in [1.807, 2.05) is 42.8 Å². The molecule has 4 aromatic rings. The highest BCUT2D eigenvalue weighted by molar-refractivity contribution is 5.99. The number of aromatic nitrogens is 2. The second-order valence-electron chi connectivity index (χ2n) is 7.31. The van der Waals surface area contributed by atoms with E-state index >= 15 is 0 Å². The van der Waals surface area contributed by atoms with E-state index in [-0.39, 0.29) is 18.1 Å². The van der Waals surface area contributed by atoms with Crippen LogP contribution >= 0.6 is 0 Å². The molecule has 5 heteroatoms. The predicted molar refractivity (Wildman–Crippen MR) is 114 cm³/mol. The lowest BCUT2D eigenvalue weighted by Gasteiger charge is -2.10. The van der Waals surface area contributed by atoms with Crippen molar-refractivity contribution in [3.05, 3.63) is 89.1 Å². The fourth-order valence-electron chi connectivity index (χ4n) is 3.89. The molecule has 0 aliphatic rings. The van der Waals surface area contributed by atoms with Gasteiger partial charge in [0.25, 0.3) is 0 Å². The molecule has 4 nitrogen and oxygen atoms in total. The van der Waals surface area contributed by atoms with Crippen molar-refractivity contribution in [2.45, 2.75) is 20.3 Å². The maximum absolute atomic E-state index is 13.2. The minimum atomic E-state index is -0.271. The highest BCUT2D eigenvalue weighted by Crippen LogP contribution is 2.21. The van der Waals surface area contributed by atoms with Gasteiger partial charge in [0.15, 0.2) is 5.78 Å². The summed E-state index contributed by atoms with van der Waals surface area (Å²) in [6.07, 6.45) is 2.89. The lowest BCUT2D eigenvalue weighted by atomic mass is 10.1. The number of nitrogens with zero attached hydrogens (tertiary/aromatic N) is 1. The third-order valence-corrected chi connectivity index (χ3v) is 5.35. The fourth-order valence-corrected chi connectivity index (χ4v) is 3.89. The molecule has 29 heavy (non-hydrogen) atoms. The number of halogens is 1. The largest absolute Gasteiger partial charge is 0.361 e. The molecule has 0 spiro atoms. The number of aryl methyl sites for hydroxylation is 1. The van der Waals surface area contributed by atoms with E-state index in [2.05, 4.69) is 22.4 Å². The number of Topliss-reactive ketones (excluding diaryl/α,β-unsaturated/α-hetero) is 1. The molecular weight excluding hydrogens is 365 g/mol. The highest BCUT2D eigenvalue weighted by atomic mass is 19.1. The topological polar surface area (TPSA) is 49.8 Å². The molecule has 0 fully saturated rings. The molecule has 0 bridgehead atoms. The summed E-state index contributed by atoms with van der Waals surface area (Å²) in [4.78, 5) is 16.0. The second-order valence-corrected chi connectivity index (χ2v) is 7.31. The lowest BCUT2D eigenvalue weighted by Crippen LogP contribution is -2.25. The van der Waals surface area contributed by atoms with Crippen LogP contribution in [0, 0.1) is 19.7 Å². The molecule has 0 unspecified atom stereocenters. The van der Waals surface area contributed by atoms with Gasteiger partial charge < -0.3 is 14.9 Å². The summed E-state index contributed by atoms with van der Waals surface area (Å²) in [6.45, 7) is 4.90. The Balaban J connectivity index is 1.40.